The molecule has 0 aliphatic carbocycles. The van der Waals surface area contributed by atoms with Crippen LogP contribution in [0.4, 0.5) is 5.88 Å². The molecular weight excluding hydrogens is 232 g/mol. The van der Waals surface area contributed by atoms with Crippen molar-refractivity contribution in [3.05, 3.63) is 44.7 Å². The van der Waals surface area contributed by atoms with Gasteiger partial charge in [-0.15, -0.1) is 0 Å². The summed E-state index contributed by atoms with van der Waals surface area (Å²) in [5, 5.41) is 22.9. The molecule has 88 valence electrons. The second kappa shape index (κ2) is 3.96. The topological polar surface area (TPSA) is 127 Å². The van der Waals surface area contributed by atoms with Crippen molar-refractivity contribution in [3.8, 4) is 5.88 Å². The van der Waals surface area contributed by atoms with Crippen molar-refractivity contribution < 1.29 is 14.4 Å². The first-order valence-corrected chi connectivity index (χ1v) is 4.35. The molecule has 0 unspecified atom stereocenters. The van der Waals surface area contributed by atoms with Crippen LogP contribution < -0.4 is 5.69 Å². The fraction of sp³-hybridized carbons (Fsp3) is 0. The highest BCUT2D eigenvalue weighted by Crippen LogP contribution is 2.13. The maximum absolute atomic E-state index is 11.1. The summed E-state index contributed by atoms with van der Waals surface area (Å²) in [6.45, 7) is 0. The molecule has 0 aromatic carbocycles. The first kappa shape index (κ1) is 10.7. The summed E-state index contributed by atoms with van der Waals surface area (Å²) >= 11 is 0. The zero-order chi connectivity index (χ0) is 12.4. The van der Waals surface area contributed by atoms with Gasteiger partial charge in [-0.25, -0.2) is 4.79 Å². The van der Waals surface area contributed by atoms with E-state index in [1.807, 2.05) is 0 Å². The number of aromatic amines is 1. The molecule has 0 radical (unpaired) electrons. The first-order valence-electron chi connectivity index (χ1n) is 4.35. The Balaban J connectivity index is 2.23. The van der Waals surface area contributed by atoms with Crippen LogP contribution in [0.3, 0.4) is 0 Å². The van der Waals surface area contributed by atoms with Crippen molar-refractivity contribution >= 4 is 12.1 Å². The quantitative estimate of drug-likeness (QED) is 0.450. The van der Waals surface area contributed by atoms with E-state index in [4.69, 9.17) is 9.52 Å². The third-order valence-electron chi connectivity index (χ3n) is 1.79. The Morgan fingerprint density at radius 2 is 2.35 bits per heavy atom. The third-order valence-corrected chi connectivity index (χ3v) is 1.79. The molecule has 0 spiro atoms. The monoisotopic (exact) mass is 238 g/mol. The molecule has 2 aromatic heterocycles. The summed E-state index contributed by atoms with van der Waals surface area (Å²) in [7, 11) is 0. The van der Waals surface area contributed by atoms with Gasteiger partial charge in [0.05, 0.1) is 18.5 Å². The van der Waals surface area contributed by atoms with E-state index >= 15 is 0 Å². The molecular formula is C8H6N4O5. The smallest absolute Gasteiger partial charge is 0.433 e. The Hall–Kier alpha value is -2.84. The minimum atomic E-state index is -0.689. The van der Waals surface area contributed by atoms with Crippen LogP contribution in [0.5, 0.6) is 5.88 Å². The fourth-order valence-electron chi connectivity index (χ4n) is 1.09. The highest BCUT2D eigenvalue weighted by Gasteiger charge is 2.10. The van der Waals surface area contributed by atoms with Crippen LogP contribution in [0, 0.1) is 10.1 Å². The Labute approximate surface area is 92.8 Å². The summed E-state index contributed by atoms with van der Waals surface area (Å²) in [6, 6.07) is 2.50. The van der Waals surface area contributed by atoms with Crippen molar-refractivity contribution in [1.82, 2.24) is 9.66 Å². The number of furan rings is 1. The van der Waals surface area contributed by atoms with E-state index in [9.17, 15) is 14.9 Å². The maximum atomic E-state index is 11.1. The van der Waals surface area contributed by atoms with Crippen molar-refractivity contribution in [2.75, 3.05) is 0 Å². The second-order valence-corrected chi connectivity index (χ2v) is 2.97. The van der Waals surface area contributed by atoms with Gasteiger partial charge in [0.1, 0.15) is 4.92 Å². The molecule has 2 heterocycles. The summed E-state index contributed by atoms with van der Waals surface area (Å²) in [5.74, 6) is -0.641. The zero-order valence-electron chi connectivity index (χ0n) is 8.23. The molecule has 0 aliphatic heterocycles. The third kappa shape index (κ3) is 2.22. The Kier molecular flexibility index (Phi) is 2.49. The van der Waals surface area contributed by atoms with Gasteiger partial charge < -0.3 is 9.52 Å². The van der Waals surface area contributed by atoms with Crippen LogP contribution >= 0.6 is 0 Å². The number of rotatable bonds is 3. The predicted octanol–water partition coefficient (Wildman–Crippen LogP) is 0.265. The Morgan fingerprint density at radius 1 is 1.59 bits per heavy atom. The minimum absolute atomic E-state index is 0.115. The van der Waals surface area contributed by atoms with Crippen LogP contribution in [0.2, 0.25) is 0 Å². The van der Waals surface area contributed by atoms with E-state index in [1.165, 1.54) is 12.1 Å². The molecule has 2 aromatic rings. The Bertz CT molecular complexity index is 634. The van der Waals surface area contributed by atoms with Gasteiger partial charge in [-0.1, -0.05) is 0 Å². The fourth-order valence-corrected chi connectivity index (χ4v) is 1.09. The highest BCUT2D eigenvalue weighted by molar-refractivity contribution is 5.76. The molecule has 9 nitrogen and oxygen atoms in total. The van der Waals surface area contributed by atoms with E-state index in [1.54, 1.807) is 0 Å². The molecule has 0 fully saturated rings. The summed E-state index contributed by atoms with van der Waals surface area (Å²) in [6.07, 6.45) is 2.16. The number of hydrogen-bond donors (Lipinski definition) is 2. The number of nitro groups is 1. The number of nitrogens with zero attached hydrogens (tertiary/aromatic N) is 3. The summed E-state index contributed by atoms with van der Waals surface area (Å²) < 4.78 is 5.60. The van der Waals surface area contributed by atoms with Gasteiger partial charge in [-0.3, -0.25) is 15.1 Å². The van der Waals surface area contributed by atoms with Gasteiger partial charge in [0, 0.05) is 0 Å². The molecule has 0 atom stereocenters. The number of aromatic nitrogens is 2. The van der Waals surface area contributed by atoms with E-state index < -0.39 is 16.5 Å². The SMILES string of the molecule is O=c1[nH]c(O)cn1N=Cc1ccc([N+](=O)[O-])o1. The molecule has 0 aliphatic rings. The molecule has 0 amide bonds. The lowest BCUT2D eigenvalue weighted by molar-refractivity contribution is -0.402. The number of hydrogen-bond acceptors (Lipinski definition) is 6. The summed E-state index contributed by atoms with van der Waals surface area (Å²) in [5.41, 5.74) is -0.639. The highest BCUT2D eigenvalue weighted by atomic mass is 16.6. The van der Waals surface area contributed by atoms with Gasteiger partial charge >= 0.3 is 11.6 Å². The predicted molar refractivity (Wildman–Crippen MR) is 55.1 cm³/mol. The number of aromatic hydroxyl groups is 1. The zero-order valence-corrected chi connectivity index (χ0v) is 8.23. The van der Waals surface area contributed by atoms with Gasteiger partial charge in [0.2, 0.25) is 5.88 Å². The van der Waals surface area contributed by atoms with Crippen molar-refractivity contribution in [3.63, 3.8) is 0 Å². The van der Waals surface area contributed by atoms with Crippen LogP contribution in [0.25, 0.3) is 0 Å². The first-order chi connectivity index (χ1) is 8.06. The molecule has 0 bridgehead atoms. The molecule has 17 heavy (non-hydrogen) atoms. The van der Waals surface area contributed by atoms with Crippen LogP contribution in [-0.2, 0) is 0 Å². The number of H-pyrrole nitrogens is 1. The van der Waals surface area contributed by atoms with E-state index in [2.05, 4.69) is 10.1 Å². The van der Waals surface area contributed by atoms with Crippen molar-refractivity contribution in [2.45, 2.75) is 0 Å². The lowest BCUT2D eigenvalue weighted by Crippen LogP contribution is -2.11. The molecule has 2 rings (SSSR count). The average Bonchev–Trinajstić information content (AvgIpc) is 2.82. The number of nitrogens with one attached hydrogen (secondary N) is 1. The van der Waals surface area contributed by atoms with Gasteiger partial charge in [0.25, 0.3) is 0 Å². The molecule has 0 saturated heterocycles. The Morgan fingerprint density at radius 3 is 2.88 bits per heavy atom. The second-order valence-electron chi connectivity index (χ2n) is 2.97. The lowest BCUT2D eigenvalue weighted by atomic mass is 10.5. The minimum Gasteiger partial charge on any atom is -0.493 e. The largest absolute Gasteiger partial charge is 0.493 e. The van der Waals surface area contributed by atoms with Gasteiger partial charge in [-0.2, -0.15) is 9.78 Å². The average molecular weight is 238 g/mol. The normalized spacial score (nSPS) is 11.1. The van der Waals surface area contributed by atoms with Crippen molar-refractivity contribution in [2.24, 2.45) is 5.10 Å². The lowest BCUT2D eigenvalue weighted by Gasteiger charge is -1.86. The molecule has 0 saturated carbocycles. The molecule has 2 N–H and O–H groups in total. The number of imidazole rings is 1. The van der Waals surface area contributed by atoms with E-state index in [0.29, 0.717) is 0 Å². The van der Waals surface area contributed by atoms with Gasteiger partial charge in [-0.05, 0) is 6.07 Å². The standard InChI is InChI=1S/C8H6N4O5/c13-6-4-11(8(14)10-6)9-3-5-1-2-7(17-5)12(15)16/h1-4,13H,(H,10,14). The maximum Gasteiger partial charge on any atom is 0.433 e. The molecule has 9 heteroatoms. The van der Waals surface area contributed by atoms with Crippen LogP contribution in [0.15, 0.2) is 32.6 Å². The summed E-state index contributed by atoms with van der Waals surface area (Å²) in [4.78, 5) is 22.8. The van der Waals surface area contributed by atoms with E-state index in [-0.39, 0.29) is 11.6 Å². The van der Waals surface area contributed by atoms with Crippen LogP contribution in [0.1, 0.15) is 5.76 Å². The van der Waals surface area contributed by atoms with Crippen LogP contribution in [-0.4, -0.2) is 25.9 Å². The van der Waals surface area contributed by atoms with Crippen molar-refractivity contribution in [1.29, 1.82) is 0 Å². The van der Waals surface area contributed by atoms with E-state index in [0.717, 1.165) is 17.1 Å². The van der Waals surface area contributed by atoms with Gasteiger partial charge in [0.15, 0.2) is 5.76 Å².